The Hall–Kier alpha value is -1.20. The molecule has 1 saturated heterocycles. The van der Waals surface area contributed by atoms with Crippen LogP contribution in [0.2, 0.25) is 0 Å². The van der Waals surface area contributed by atoms with Crippen molar-refractivity contribution < 1.29 is 5.11 Å². The normalized spacial score (nSPS) is 21.1. The van der Waals surface area contributed by atoms with Crippen LogP contribution in [0.15, 0.2) is 12.4 Å². The van der Waals surface area contributed by atoms with Crippen LogP contribution in [0.1, 0.15) is 18.4 Å². The topological polar surface area (TPSA) is 75.3 Å². The van der Waals surface area contributed by atoms with Gasteiger partial charge in [-0.05, 0) is 18.8 Å². The largest absolute Gasteiger partial charge is 0.396 e. The summed E-state index contributed by atoms with van der Waals surface area (Å²) in [4.78, 5) is 10.7. The quantitative estimate of drug-likeness (QED) is 0.761. The van der Waals surface area contributed by atoms with Crippen LogP contribution >= 0.6 is 0 Å². The van der Waals surface area contributed by atoms with Crippen LogP contribution in [-0.2, 0) is 6.54 Å². The third kappa shape index (κ3) is 2.48. The first-order valence-corrected chi connectivity index (χ1v) is 5.70. The van der Waals surface area contributed by atoms with E-state index in [9.17, 15) is 0 Å². The monoisotopic (exact) mass is 222 g/mol. The van der Waals surface area contributed by atoms with Gasteiger partial charge in [-0.15, -0.1) is 0 Å². The number of anilines is 1. The summed E-state index contributed by atoms with van der Waals surface area (Å²) in [5, 5.41) is 9.15. The molecule has 0 aromatic carbocycles. The minimum atomic E-state index is 0.247. The molecule has 1 aromatic rings. The molecule has 1 aliphatic heterocycles. The molecule has 3 N–H and O–H groups in total. The van der Waals surface area contributed by atoms with Gasteiger partial charge in [0, 0.05) is 44.2 Å². The predicted octanol–water partition coefficient (Wildman–Crippen LogP) is 0.144. The number of rotatable bonds is 3. The van der Waals surface area contributed by atoms with Crippen LogP contribution in [0.4, 0.5) is 5.95 Å². The minimum Gasteiger partial charge on any atom is -0.396 e. The second-order valence-electron chi connectivity index (χ2n) is 4.23. The molecule has 1 atom stereocenters. The van der Waals surface area contributed by atoms with Gasteiger partial charge >= 0.3 is 0 Å². The molecule has 0 aliphatic carbocycles. The van der Waals surface area contributed by atoms with Crippen molar-refractivity contribution in [2.75, 3.05) is 24.6 Å². The Kier molecular flexibility index (Phi) is 3.69. The Morgan fingerprint density at radius 3 is 2.81 bits per heavy atom. The van der Waals surface area contributed by atoms with Gasteiger partial charge in [0.25, 0.3) is 0 Å². The molecule has 2 rings (SSSR count). The third-order valence-electron chi connectivity index (χ3n) is 2.99. The van der Waals surface area contributed by atoms with Crippen LogP contribution in [0.25, 0.3) is 0 Å². The van der Waals surface area contributed by atoms with E-state index in [1.54, 1.807) is 12.4 Å². The van der Waals surface area contributed by atoms with E-state index < -0.39 is 0 Å². The number of aliphatic hydroxyl groups excluding tert-OH is 1. The summed E-state index contributed by atoms with van der Waals surface area (Å²) in [6, 6.07) is 0. The molecule has 16 heavy (non-hydrogen) atoms. The number of nitrogens with zero attached hydrogens (tertiary/aromatic N) is 3. The van der Waals surface area contributed by atoms with E-state index in [1.807, 2.05) is 0 Å². The number of aromatic nitrogens is 2. The molecule has 5 nitrogen and oxygen atoms in total. The van der Waals surface area contributed by atoms with E-state index in [0.717, 1.165) is 37.4 Å². The van der Waals surface area contributed by atoms with E-state index in [-0.39, 0.29) is 6.61 Å². The lowest BCUT2D eigenvalue weighted by Crippen LogP contribution is -2.37. The van der Waals surface area contributed by atoms with Crippen molar-refractivity contribution in [2.24, 2.45) is 11.7 Å². The molecule has 0 amide bonds. The first kappa shape index (κ1) is 11.3. The first-order chi connectivity index (χ1) is 7.83. The number of nitrogens with two attached hydrogens (primary N) is 1. The zero-order chi connectivity index (χ0) is 11.4. The van der Waals surface area contributed by atoms with Crippen molar-refractivity contribution in [2.45, 2.75) is 19.4 Å². The molecule has 1 aromatic heterocycles. The van der Waals surface area contributed by atoms with Crippen molar-refractivity contribution >= 4 is 5.95 Å². The van der Waals surface area contributed by atoms with Gasteiger partial charge in [0.2, 0.25) is 5.95 Å². The Morgan fingerprint density at radius 2 is 2.19 bits per heavy atom. The van der Waals surface area contributed by atoms with E-state index in [4.69, 9.17) is 10.8 Å². The van der Waals surface area contributed by atoms with Crippen molar-refractivity contribution in [3.63, 3.8) is 0 Å². The average Bonchev–Trinajstić information content (AvgIpc) is 2.39. The highest BCUT2D eigenvalue weighted by atomic mass is 16.3. The number of aliphatic hydroxyl groups is 1. The molecule has 1 fully saturated rings. The van der Waals surface area contributed by atoms with Crippen LogP contribution in [0.3, 0.4) is 0 Å². The fraction of sp³-hybridized carbons (Fsp3) is 0.636. The van der Waals surface area contributed by atoms with Crippen LogP contribution in [-0.4, -0.2) is 34.8 Å². The lowest BCUT2D eigenvalue weighted by atomic mass is 9.99. The molecule has 5 heteroatoms. The molecular formula is C11H18N4O. The average molecular weight is 222 g/mol. The molecule has 0 saturated carbocycles. The highest BCUT2D eigenvalue weighted by Gasteiger charge is 2.20. The number of hydrogen-bond acceptors (Lipinski definition) is 5. The lowest BCUT2D eigenvalue weighted by Gasteiger charge is -2.31. The number of hydrogen-bond donors (Lipinski definition) is 2. The van der Waals surface area contributed by atoms with Crippen molar-refractivity contribution in [1.29, 1.82) is 0 Å². The van der Waals surface area contributed by atoms with Crippen molar-refractivity contribution in [3.8, 4) is 0 Å². The predicted molar refractivity (Wildman–Crippen MR) is 61.9 cm³/mol. The zero-order valence-electron chi connectivity index (χ0n) is 9.34. The maximum absolute atomic E-state index is 9.15. The van der Waals surface area contributed by atoms with E-state index in [2.05, 4.69) is 14.9 Å². The van der Waals surface area contributed by atoms with Gasteiger partial charge in [-0.1, -0.05) is 0 Å². The van der Waals surface area contributed by atoms with Gasteiger partial charge in [-0.2, -0.15) is 0 Å². The van der Waals surface area contributed by atoms with Gasteiger partial charge in [-0.3, -0.25) is 0 Å². The molecule has 2 heterocycles. The van der Waals surface area contributed by atoms with Crippen LogP contribution in [0.5, 0.6) is 0 Å². The Labute approximate surface area is 95.3 Å². The Balaban J connectivity index is 2.05. The second kappa shape index (κ2) is 5.23. The van der Waals surface area contributed by atoms with Crippen molar-refractivity contribution in [3.05, 3.63) is 18.0 Å². The lowest BCUT2D eigenvalue weighted by molar-refractivity contribution is 0.208. The van der Waals surface area contributed by atoms with E-state index in [0.29, 0.717) is 12.5 Å². The summed E-state index contributed by atoms with van der Waals surface area (Å²) in [6.45, 7) is 2.54. The maximum atomic E-state index is 9.15. The van der Waals surface area contributed by atoms with E-state index >= 15 is 0 Å². The van der Waals surface area contributed by atoms with Gasteiger partial charge in [-0.25, -0.2) is 9.97 Å². The Bertz CT molecular complexity index is 327. The SMILES string of the molecule is NCc1cnc(N2CCCC(CO)C2)nc1. The van der Waals surface area contributed by atoms with Crippen LogP contribution < -0.4 is 10.6 Å². The summed E-state index contributed by atoms with van der Waals surface area (Å²) in [7, 11) is 0. The second-order valence-corrected chi connectivity index (χ2v) is 4.23. The fourth-order valence-electron chi connectivity index (χ4n) is 2.01. The summed E-state index contributed by atoms with van der Waals surface area (Å²) >= 11 is 0. The molecule has 1 aliphatic rings. The third-order valence-corrected chi connectivity index (χ3v) is 2.99. The maximum Gasteiger partial charge on any atom is 0.225 e. The Morgan fingerprint density at radius 1 is 1.44 bits per heavy atom. The van der Waals surface area contributed by atoms with Crippen LogP contribution in [0, 0.1) is 5.92 Å². The molecular weight excluding hydrogens is 204 g/mol. The van der Waals surface area contributed by atoms with Gasteiger partial charge in [0.15, 0.2) is 0 Å². The molecule has 88 valence electrons. The molecule has 0 bridgehead atoms. The standard InChI is InChI=1S/C11H18N4O/c12-4-10-5-13-11(14-6-10)15-3-1-2-9(7-15)8-16/h5-6,9,16H,1-4,7-8,12H2. The zero-order valence-corrected chi connectivity index (χ0v) is 9.34. The molecule has 0 spiro atoms. The van der Waals surface area contributed by atoms with Gasteiger partial charge in [0.1, 0.15) is 0 Å². The minimum absolute atomic E-state index is 0.247. The first-order valence-electron chi connectivity index (χ1n) is 5.70. The summed E-state index contributed by atoms with van der Waals surface area (Å²) in [5.74, 6) is 1.10. The summed E-state index contributed by atoms with van der Waals surface area (Å²) in [6.07, 6.45) is 5.72. The highest BCUT2D eigenvalue weighted by molar-refractivity contribution is 5.30. The summed E-state index contributed by atoms with van der Waals surface area (Å²) in [5.41, 5.74) is 6.44. The van der Waals surface area contributed by atoms with E-state index in [1.165, 1.54) is 0 Å². The molecule has 1 unspecified atom stereocenters. The smallest absolute Gasteiger partial charge is 0.225 e. The van der Waals surface area contributed by atoms with Gasteiger partial charge in [0.05, 0.1) is 0 Å². The van der Waals surface area contributed by atoms with Gasteiger partial charge < -0.3 is 15.7 Å². The fourth-order valence-corrected chi connectivity index (χ4v) is 2.01. The highest BCUT2D eigenvalue weighted by Crippen LogP contribution is 2.19. The number of piperidine rings is 1. The van der Waals surface area contributed by atoms with Crippen molar-refractivity contribution in [1.82, 2.24) is 9.97 Å². The molecule has 0 radical (unpaired) electrons. The summed E-state index contributed by atoms with van der Waals surface area (Å²) < 4.78 is 0.